The number of nitrogens with zero attached hydrogens (tertiary/aromatic N) is 2. The first-order valence-electron chi connectivity index (χ1n) is 5.51. The van der Waals surface area contributed by atoms with Gasteiger partial charge in [-0.05, 0) is 26.8 Å². The molecule has 4 nitrogen and oxygen atoms in total. The van der Waals surface area contributed by atoms with E-state index in [2.05, 4.69) is 16.6 Å². The van der Waals surface area contributed by atoms with Crippen molar-refractivity contribution in [3.63, 3.8) is 0 Å². The van der Waals surface area contributed by atoms with Gasteiger partial charge in [-0.1, -0.05) is 0 Å². The first kappa shape index (κ1) is 12.2. The molecule has 1 heterocycles. The van der Waals surface area contributed by atoms with Crippen LogP contribution in [0.4, 0.5) is 0 Å². The molecule has 86 valence electrons. The fraction of sp³-hybridized carbons (Fsp3) is 0.727. The molecular formula is C11H21N3O. The van der Waals surface area contributed by atoms with Crippen molar-refractivity contribution in [3.05, 3.63) is 17.5 Å². The Labute approximate surface area is 91.6 Å². The van der Waals surface area contributed by atoms with Crippen LogP contribution in [0.3, 0.4) is 0 Å². The lowest BCUT2D eigenvalue weighted by Gasteiger charge is -2.03. The lowest BCUT2D eigenvalue weighted by atomic mass is 10.2. The number of hydrogen-bond donors (Lipinski definition) is 1. The highest BCUT2D eigenvalue weighted by Crippen LogP contribution is 2.03. The van der Waals surface area contributed by atoms with Crippen LogP contribution in [-0.2, 0) is 18.3 Å². The Hall–Kier alpha value is -0.870. The minimum Gasteiger partial charge on any atom is -0.382 e. The molecule has 0 bridgehead atoms. The molecule has 0 fully saturated rings. The smallest absolute Gasteiger partial charge is 0.0638 e. The third-order valence-corrected chi connectivity index (χ3v) is 2.28. The maximum absolute atomic E-state index is 5.26. The van der Waals surface area contributed by atoms with Gasteiger partial charge in [0.15, 0.2) is 0 Å². The molecule has 4 heteroatoms. The Kier molecular flexibility index (Phi) is 5.36. The van der Waals surface area contributed by atoms with Crippen molar-refractivity contribution in [2.45, 2.75) is 26.8 Å². The van der Waals surface area contributed by atoms with Crippen LogP contribution in [0, 0.1) is 6.92 Å². The van der Waals surface area contributed by atoms with Gasteiger partial charge >= 0.3 is 0 Å². The Morgan fingerprint density at radius 2 is 2.33 bits per heavy atom. The van der Waals surface area contributed by atoms with Crippen molar-refractivity contribution in [1.82, 2.24) is 15.1 Å². The van der Waals surface area contributed by atoms with E-state index in [9.17, 15) is 0 Å². The summed E-state index contributed by atoms with van der Waals surface area (Å²) in [4.78, 5) is 0. The standard InChI is InChI=1S/C11H21N3O/c1-4-15-7-5-6-12-8-11-9-14(3)13-10(11)2/h9,12H,4-8H2,1-3H3. The summed E-state index contributed by atoms with van der Waals surface area (Å²) in [6.45, 7) is 7.60. The summed E-state index contributed by atoms with van der Waals surface area (Å²) in [7, 11) is 1.95. The van der Waals surface area contributed by atoms with Crippen LogP contribution >= 0.6 is 0 Å². The molecule has 15 heavy (non-hydrogen) atoms. The van der Waals surface area contributed by atoms with Gasteiger partial charge in [-0.25, -0.2) is 0 Å². The molecule has 0 aromatic carbocycles. The van der Waals surface area contributed by atoms with Crippen LogP contribution in [-0.4, -0.2) is 29.5 Å². The quantitative estimate of drug-likeness (QED) is 0.690. The second-order valence-corrected chi connectivity index (χ2v) is 3.64. The van der Waals surface area contributed by atoms with Crippen LogP contribution in [0.5, 0.6) is 0 Å². The normalized spacial score (nSPS) is 10.9. The first-order chi connectivity index (χ1) is 7.24. The Balaban J connectivity index is 2.12. The summed E-state index contributed by atoms with van der Waals surface area (Å²) in [6.07, 6.45) is 3.12. The zero-order valence-electron chi connectivity index (χ0n) is 9.92. The molecule has 0 amide bonds. The average molecular weight is 211 g/mol. The van der Waals surface area contributed by atoms with Gasteiger partial charge in [0, 0.05) is 38.6 Å². The van der Waals surface area contributed by atoms with E-state index in [0.717, 1.165) is 38.4 Å². The van der Waals surface area contributed by atoms with E-state index in [-0.39, 0.29) is 0 Å². The molecule has 0 aliphatic heterocycles. The Morgan fingerprint density at radius 3 is 2.93 bits per heavy atom. The summed E-state index contributed by atoms with van der Waals surface area (Å²) < 4.78 is 7.11. The fourth-order valence-electron chi connectivity index (χ4n) is 1.49. The zero-order chi connectivity index (χ0) is 11.1. The topological polar surface area (TPSA) is 39.1 Å². The fourth-order valence-corrected chi connectivity index (χ4v) is 1.49. The zero-order valence-corrected chi connectivity index (χ0v) is 9.92. The van der Waals surface area contributed by atoms with Gasteiger partial charge in [0.1, 0.15) is 0 Å². The lowest BCUT2D eigenvalue weighted by molar-refractivity contribution is 0.144. The number of rotatable bonds is 7. The molecule has 0 atom stereocenters. The SMILES string of the molecule is CCOCCCNCc1cn(C)nc1C. The van der Waals surface area contributed by atoms with E-state index < -0.39 is 0 Å². The van der Waals surface area contributed by atoms with Crippen LogP contribution in [0.1, 0.15) is 24.6 Å². The summed E-state index contributed by atoms with van der Waals surface area (Å²) in [5.74, 6) is 0. The molecule has 1 rings (SSSR count). The van der Waals surface area contributed by atoms with E-state index in [1.165, 1.54) is 5.56 Å². The van der Waals surface area contributed by atoms with Gasteiger partial charge in [0.2, 0.25) is 0 Å². The molecule has 0 aliphatic carbocycles. The van der Waals surface area contributed by atoms with Crippen molar-refractivity contribution in [2.24, 2.45) is 7.05 Å². The van der Waals surface area contributed by atoms with Gasteiger partial charge in [-0.2, -0.15) is 5.10 Å². The highest BCUT2D eigenvalue weighted by Gasteiger charge is 2.01. The molecular weight excluding hydrogens is 190 g/mol. The maximum atomic E-state index is 5.26. The maximum Gasteiger partial charge on any atom is 0.0638 e. The predicted molar refractivity (Wildman–Crippen MR) is 60.8 cm³/mol. The minimum absolute atomic E-state index is 0.807. The largest absolute Gasteiger partial charge is 0.382 e. The van der Waals surface area contributed by atoms with Crippen LogP contribution in [0.2, 0.25) is 0 Å². The second kappa shape index (κ2) is 6.58. The molecule has 1 aromatic heterocycles. The number of nitrogens with one attached hydrogen (secondary N) is 1. The number of ether oxygens (including phenoxy) is 1. The van der Waals surface area contributed by atoms with Crippen LogP contribution in [0.15, 0.2) is 6.20 Å². The van der Waals surface area contributed by atoms with Gasteiger partial charge in [0.25, 0.3) is 0 Å². The van der Waals surface area contributed by atoms with E-state index in [0.29, 0.717) is 0 Å². The van der Waals surface area contributed by atoms with E-state index in [4.69, 9.17) is 4.74 Å². The number of aryl methyl sites for hydroxylation is 2. The van der Waals surface area contributed by atoms with Crippen molar-refractivity contribution in [2.75, 3.05) is 19.8 Å². The summed E-state index contributed by atoms with van der Waals surface area (Å²) in [5, 5.41) is 7.67. The van der Waals surface area contributed by atoms with Gasteiger partial charge < -0.3 is 10.1 Å². The van der Waals surface area contributed by atoms with E-state index >= 15 is 0 Å². The van der Waals surface area contributed by atoms with Gasteiger partial charge in [-0.15, -0.1) is 0 Å². The molecule has 1 aromatic rings. The predicted octanol–water partition coefficient (Wildman–Crippen LogP) is 1.24. The lowest BCUT2D eigenvalue weighted by Crippen LogP contribution is -2.16. The highest BCUT2D eigenvalue weighted by atomic mass is 16.5. The minimum atomic E-state index is 0.807. The van der Waals surface area contributed by atoms with Crippen molar-refractivity contribution < 1.29 is 4.74 Å². The summed E-state index contributed by atoms with van der Waals surface area (Å²) in [5.41, 5.74) is 2.38. The average Bonchev–Trinajstić information content (AvgIpc) is 2.51. The van der Waals surface area contributed by atoms with Gasteiger partial charge in [0.05, 0.1) is 5.69 Å². The summed E-state index contributed by atoms with van der Waals surface area (Å²) in [6, 6.07) is 0. The highest BCUT2D eigenvalue weighted by molar-refractivity contribution is 5.14. The van der Waals surface area contributed by atoms with Gasteiger partial charge in [-0.3, -0.25) is 4.68 Å². The monoisotopic (exact) mass is 211 g/mol. The molecule has 1 N–H and O–H groups in total. The number of aromatic nitrogens is 2. The third-order valence-electron chi connectivity index (χ3n) is 2.28. The molecule has 0 saturated carbocycles. The Bertz CT molecular complexity index is 283. The molecule has 0 spiro atoms. The van der Waals surface area contributed by atoms with Crippen molar-refractivity contribution in [1.29, 1.82) is 0 Å². The second-order valence-electron chi connectivity index (χ2n) is 3.64. The number of hydrogen-bond acceptors (Lipinski definition) is 3. The Morgan fingerprint density at radius 1 is 1.53 bits per heavy atom. The summed E-state index contributed by atoms with van der Waals surface area (Å²) >= 11 is 0. The molecule has 0 aliphatic rings. The molecule has 0 unspecified atom stereocenters. The first-order valence-corrected chi connectivity index (χ1v) is 5.51. The molecule has 0 saturated heterocycles. The molecule has 0 radical (unpaired) electrons. The van der Waals surface area contributed by atoms with Crippen molar-refractivity contribution >= 4 is 0 Å². The van der Waals surface area contributed by atoms with E-state index in [1.807, 2.05) is 25.6 Å². The van der Waals surface area contributed by atoms with Crippen molar-refractivity contribution in [3.8, 4) is 0 Å². The van der Waals surface area contributed by atoms with Crippen LogP contribution in [0.25, 0.3) is 0 Å². The third kappa shape index (κ3) is 4.44. The van der Waals surface area contributed by atoms with Crippen LogP contribution < -0.4 is 5.32 Å². The van der Waals surface area contributed by atoms with E-state index in [1.54, 1.807) is 0 Å².